The Bertz CT molecular complexity index is 947. The predicted octanol–water partition coefficient (Wildman–Crippen LogP) is 2.67. The summed E-state index contributed by atoms with van der Waals surface area (Å²) in [5.74, 6) is -0.981. The molecule has 0 bridgehead atoms. The van der Waals surface area contributed by atoms with Crippen molar-refractivity contribution < 1.29 is 28.6 Å². The number of benzene rings is 2. The number of nitrogens with one attached hydrogen (secondary N) is 1. The van der Waals surface area contributed by atoms with Crippen molar-refractivity contribution in [2.24, 2.45) is 0 Å². The van der Waals surface area contributed by atoms with Crippen molar-refractivity contribution in [1.29, 1.82) is 0 Å². The van der Waals surface area contributed by atoms with Crippen LogP contribution in [0.4, 0.5) is 5.69 Å². The zero-order chi connectivity index (χ0) is 19.4. The Labute approximate surface area is 155 Å². The maximum Gasteiger partial charge on any atom is 0.339 e. The molecule has 27 heavy (non-hydrogen) atoms. The van der Waals surface area contributed by atoms with Gasteiger partial charge in [-0.05, 0) is 30.3 Å². The number of rotatable bonds is 4. The maximum atomic E-state index is 12.7. The Morgan fingerprint density at radius 1 is 1.00 bits per heavy atom. The first-order chi connectivity index (χ1) is 13.0. The summed E-state index contributed by atoms with van der Waals surface area (Å²) < 4.78 is 15.0. The second kappa shape index (κ2) is 7.74. The highest BCUT2D eigenvalue weighted by Crippen LogP contribution is 2.27. The third kappa shape index (κ3) is 3.82. The first kappa shape index (κ1) is 18.2. The van der Waals surface area contributed by atoms with E-state index < -0.39 is 17.8 Å². The highest BCUT2D eigenvalue weighted by atomic mass is 16.5. The van der Waals surface area contributed by atoms with Crippen LogP contribution in [0.15, 0.2) is 48.0 Å². The van der Waals surface area contributed by atoms with Gasteiger partial charge >= 0.3 is 11.9 Å². The lowest BCUT2D eigenvalue weighted by molar-refractivity contribution is -0.113. The summed E-state index contributed by atoms with van der Waals surface area (Å²) in [5, 5.41) is 2.65. The third-order valence-corrected chi connectivity index (χ3v) is 4.02. The van der Waals surface area contributed by atoms with E-state index in [1.807, 2.05) is 24.3 Å². The minimum atomic E-state index is -0.638. The van der Waals surface area contributed by atoms with Gasteiger partial charge in [-0.25, -0.2) is 9.59 Å². The molecule has 0 saturated carbocycles. The van der Waals surface area contributed by atoms with Crippen LogP contribution in [0.1, 0.15) is 26.3 Å². The first-order valence-corrected chi connectivity index (χ1v) is 8.08. The summed E-state index contributed by atoms with van der Waals surface area (Å²) in [6, 6.07) is 11.5. The Kier molecular flexibility index (Phi) is 5.21. The average Bonchev–Trinajstić information content (AvgIpc) is 2.72. The molecule has 0 atom stereocenters. The third-order valence-electron chi connectivity index (χ3n) is 4.02. The number of ether oxygens (including phenoxy) is 3. The second-order valence-electron chi connectivity index (χ2n) is 5.69. The van der Waals surface area contributed by atoms with Gasteiger partial charge in [0.25, 0.3) is 5.91 Å². The SMILES string of the molecule is COC(=O)c1ccc(C(=O)OC)c(NC(=O)C2=Cc3ccccc3OC2)c1. The Morgan fingerprint density at radius 2 is 1.74 bits per heavy atom. The van der Waals surface area contributed by atoms with Crippen LogP contribution in [-0.4, -0.2) is 38.7 Å². The smallest absolute Gasteiger partial charge is 0.339 e. The highest BCUT2D eigenvalue weighted by Gasteiger charge is 2.21. The second-order valence-corrected chi connectivity index (χ2v) is 5.69. The van der Waals surface area contributed by atoms with E-state index in [0.717, 1.165) is 5.56 Å². The molecule has 0 unspecified atom stereocenters. The molecule has 0 aliphatic carbocycles. The number of methoxy groups -OCH3 is 2. The van der Waals surface area contributed by atoms with Crippen LogP contribution >= 0.6 is 0 Å². The molecular formula is C20H17NO6. The molecule has 1 N–H and O–H groups in total. The molecule has 7 nitrogen and oxygen atoms in total. The van der Waals surface area contributed by atoms with Gasteiger partial charge in [-0.3, -0.25) is 4.79 Å². The molecule has 3 rings (SSSR count). The molecule has 2 aromatic rings. The summed E-state index contributed by atoms with van der Waals surface area (Å²) in [4.78, 5) is 36.4. The molecule has 0 spiro atoms. The molecule has 1 aliphatic rings. The van der Waals surface area contributed by atoms with Crippen LogP contribution in [0, 0.1) is 0 Å². The fourth-order valence-electron chi connectivity index (χ4n) is 2.63. The zero-order valence-electron chi connectivity index (χ0n) is 14.8. The van der Waals surface area contributed by atoms with Crippen LogP contribution in [0.3, 0.4) is 0 Å². The normalized spacial score (nSPS) is 12.1. The van der Waals surface area contributed by atoms with Gasteiger partial charge in [-0.2, -0.15) is 0 Å². The molecule has 1 heterocycles. The number of para-hydroxylation sites is 1. The summed E-state index contributed by atoms with van der Waals surface area (Å²) >= 11 is 0. The number of carbonyl (C=O) groups is 3. The minimum absolute atomic E-state index is 0.0904. The summed E-state index contributed by atoms with van der Waals surface area (Å²) in [5.41, 5.74) is 1.63. The highest BCUT2D eigenvalue weighted by molar-refractivity contribution is 6.11. The zero-order valence-corrected chi connectivity index (χ0v) is 14.8. The molecule has 138 valence electrons. The molecule has 0 radical (unpaired) electrons. The van der Waals surface area contributed by atoms with Gasteiger partial charge in [-0.15, -0.1) is 0 Å². The fraction of sp³-hybridized carbons (Fsp3) is 0.150. The van der Waals surface area contributed by atoms with E-state index in [9.17, 15) is 14.4 Å². The summed E-state index contributed by atoms with van der Waals surface area (Å²) in [6.45, 7) is 0.0904. The van der Waals surface area contributed by atoms with Gasteiger partial charge in [-0.1, -0.05) is 18.2 Å². The Balaban J connectivity index is 1.92. The maximum absolute atomic E-state index is 12.7. The van der Waals surface area contributed by atoms with Crippen LogP contribution in [0.5, 0.6) is 5.75 Å². The van der Waals surface area contributed by atoms with E-state index in [4.69, 9.17) is 9.47 Å². The van der Waals surface area contributed by atoms with E-state index in [-0.39, 0.29) is 23.4 Å². The van der Waals surface area contributed by atoms with Gasteiger partial charge in [0.2, 0.25) is 0 Å². The number of carbonyl (C=O) groups excluding carboxylic acids is 3. The number of anilines is 1. The fourth-order valence-corrected chi connectivity index (χ4v) is 2.63. The number of amides is 1. The summed E-state index contributed by atoms with van der Waals surface area (Å²) in [6.07, 6.45) is 1.72. The Morgan fingerprint density at radius 3 is 2.48 bits per heavy atom. The Hall–Kier alpha value is -3.61. The predicted molar refractivity (Wildman–Crippen MR) is 97.7 cm³/mol. The van der Waals surface area contributed by atoms with E-state index in [1.165, 1.54) is 32.4 Å². The van der Waals surface area contributed by atoms with Crippen molar-refractivity contribution >= 4 is 29.6 Å². The minimum Gasteiger partial charge on any atom is -0.488 e. The van der Waals surface area contributed by atoms with Crippen LogP contribution in [0.2, 0.25) is 0 Å². The van der Waals surface area contributed by atoms with Crippen LogP contribution < -0.4 is 10.1 Å². The number of hydrogen-bond acceptors (Lipinski definition) is 6. The first-order valence-electron chi connectivity index (χ1n) is 8.08. The topological polar surface area (TPSA) is 90.9 Å². The van der Waals surface area contributed by atoms with Gasteiger partial charge in [0.1, 0.15) is 12.4 Å². The monoisotopic (exact) mass is 367 g/mol. The van der Waals surface area contributed by atoms with Crippen molar-refractivity contribution in [1.82, 2.24) is 0 Å². The van der Waals surface area contributed by atoms with Crippen molar-refractivity contribution in [3.05, 3.63) is 64.7 Å². The molecule has 0 fully saturated rings. The summed E-state index contributed by atoms with van der Waals surface area (Å²) in [7, 11) is 2.48. The molecular weight excluding hydrogens is 350 g/mol. The van der Waals surface area contributed by atoms with Crippen molar-refractivity contribution in [3.63, 3.8) is 0 Å². The van der Waals surface area contributed by atoms with Gasteiger partial charge in [0, 0.05) is 5.56 Å². The molecule has 1 amide bonds. The van der Waals surface area contributed by atoms with Crippen LogP contribution in [0.25, 0.3) is 6.08 Å². The number of hydrogen-bond donors (Lipinski definition) is 1. The van der Waals surface area contributed by atoms with E-state index in [1.54, 1.807) is 6.08 Å². The van der Waals surface area contributed by atoms with Crippen molar-refractivity contribution in [3.8, 4) is 5.75 Å². The van der Waals surface area contributed by atoms with Gasteiger partial charge in [0.05, 0.1) is 36.6 Å². The number of fused-ring (bicyclic) bond motifs is 1. The lowest BCUT2D eigenvalue weighted by atomic mass is 10.1. The van der Waals surface area contributed by atoms with Gasteiger partial charge in [0.15, 0.2) is 0 Å². The van der Waals surface area contributed by atoms with Gasteiger partial charge < -0.3 is 19.5 Å². The largest absolute Gasteiger partial charge is 0.488 e. The molecule has 0 saturated heterocycles. The van der Waals surface area contributed by atoms with E-state index in [0.29, 0.717) is 11.3 Å². The molecule has 1 aliphatic heterocycles. The van der Waals surface area contributed by atoms with E-state index in [2.05, 4.69) is 10.1 Å². The lowest BCUT2D eigenvalue weighted by Gasteiger charge is -2.18. The van der Waals surface area contributed by atoms with Crippen molar-refractivity contribution in [2.75, 3.05) is 26.1 Å². The lowest BCUT2D eigenvalue weighted by Crippen LogP contribution is -2.22. The molecule has 2 aromatic carbocycles. The molecule has 7 heteroatoms. The average molecular weight is 367 g/mol. The molecule has 0 aromatic heterocycles. The van der Waals surface area contributed by atoms with E-state index >= 15 is 0 Å². The quantitative estimate of drug-likeness (QED) is 0.836. The van der Waals surface area contributed by atoms with Crippen LogP contribution in [-0.2, 0) is 14.3 Å². The number of esters is 2. The standard InChI is InChI=1S/C20H17NO6/c1-25-19(23)13-7-8-15(20(24)26-2)16(10-13)21-18(22)14-9-12-5-3-4-6-17(12)27-11-14/h3-10H,11H2,1-2H3,(H,21,22). The van der Waals surface area contributed by atoms with Crippen molar-refractivity contribution in [2.45, 2.75) is 0 Å².